The molecule has 0 aliphatic heterocycles. The standard InChI is InChI=1S/C12H12O6S2/c1-12(19(13,14)15,20(16,17)18)11-7-6-9-4-2-3-5-10(9)8-11/h2-8H,1H3,(H,13,14,15)(H,16,17,18). The van der Waals surface area contributed by atoms with Crippen LogP contribution >= 0.6 is 0 Å². The first kappa shape index (κ1) is 14.9. The lowest BCUT2D eigenvalue weighted by Gasteiger charge is -2.23. The van der Waals surface area contributed by atoms with Crippen molar-refractivity contribution in [1.82, 2.24) is 0 Å². The summed E-state index contributed by atoms with van der Waals surface area (Å²) in [4.78, 5) is 0. The molecule has 2 N–H and O–H groups in total. The van der Waals surface area contributed by atoms with Crippen LogP contribution in [0.25, 0.3) is 10.8 Å². The van der Waals surface area contributed by atoms with E-state index in [0.29, 0.717) is 5.39 Å². The number of fused-ring (bicyclic) bond motifs is 1. The third-order valence-corrected chi connectivity index (χ3v) is 6.96. The molecule has 2 rings (SSSR count). The van der Waals surface area contributed by atoms with E-state index in [1.807, 2.05) is 0 Å². The molecule has 0 fully saturated rings. The molecule has 0 saturated carbocycles. The summed E-state index contributed by atoms with van der Waals surface area (Å²) < 4.78 is 61.4. The van der Waals surface area contributed by atoms with Crippen molar-refractivity contribution in [2.24, 2.45) is 0 Å². The van der Waals surface area contributed by atoms with E-state index in [1.54, 1.807) is 24.3 Å². The lowest BCUT2D eigenvalue weighted by molar-refractivity contribution is 0.431. The molecule has 20 heavy (non-hydrogen) atoms. The second-order valence-corrected chi connectivity index (χ2v) is 8.25. The van der Waals surface area contributed by atoms with Crippen molar-refractivity contribution in [3.05, 3.63) is 48.0 Å². The summed E-state index contributed by atoms with van der Waals surface area (Å²) in [6, 6.07) is 10.9. The fraction of sp³-hybridized carbons (Fsp3) is 0.167. The monoisotopic (exact) mass is 316 g/mol. The number of rotatable bonds is 3. The molecule has 108 valence electrons. The van der Waals surface area contributed by atoms with Crippen LogP contribution in [0.5, 0.6) is 0 Å². The molecular weight excluding hydrogens is 304 g/mol. The van der Waals surface area contributed by atoms with Gasteiger partial charge in [0, 0.05) is 0 Å². The van der Waals surface area contributed by atoms with E-state index in [4.69, 9.17) is 0 Å². The van der Waals surface area contributed by atoms with Crippen molar-refractivity contribution in [2.75, 3.05) is 0 Å². The van der Waals surface area contributed by atoms with Crippen LogP contribution in [-0.2, 0) is 24.3 Å². The summed E-state index contributed by atoms with van der Waals surface area (Å²) in [6.07, 6.45) is 0. The summed E-state index contributed by atoms with van der Waals surface area (Å²) in [6.45, 7) is 0.738. The van der Waals surface area contributed by atoms with Crippen molar-refractivity contribution < 1.29 is 25.9 Å². The van der Waals surface area contributed by atoms with Gasteiger partial charge in [-0.25, -0.2) is 0 Å². The molecule has 0 unspecified atom stereocenters. The van der Waals surface area contributed by atoms with E-state index in [0.717, 1.165) is 12.3 Å². The predicted octanol–water partition coefficient (Wildman–Crippen LogP) is 1.79. The summed E-state index contributed by atoms with van der Waals surface area (Å²) in [5.41, 5.74) is -0.235. The van der Waals surface area contributed by atoms with Crippen LogP contribution in [0.2, 0.25) is 0 Å². The first-order valence-corrected chi connectivity index (χ1v) is 8.39. The normalized spacial score (nSPS) is 13.6. The quantitative estimate of drug-likeness (QED) is 0.836. The van der Waals surface area contributed by atoms with E-state index in [2.05, 4.69) is 0 Å². The van der Waals surface area contributed by atoms with Crippen molar-refractivity contribution in [1.29, 1.82) is 0 Å². The zero-order chi connectivity index (χ0) is 15.2. The Morgan fingerprint density at radius 3 is 1.85 bits per heavy atom. The zero-order valence-corrected chi connectivity index (χ0v) is 12.0. The Kier molecular flexibility index (Phi) is 3.37. The molecule has 0 heterocycles. The van der Waals surface area contributed by atoms with E-state index in [9.17, 15) is 25.9 Å². The minimum Gasteiger partial charge on any atom is -0.284 e. The molecular formula is C12H12O6S2. The summed E-state index contributed by atoms with van der Waals surface area (Å²) in [7, 11) is -10.2. The largest absolute Gasteiger partial charge is 0.291 e. The average Bonchev–Trinajstić information content (AvgIpc) is 2.34. The van der Waals surface area contributed by atoms with Gasteiger partial charge < -0.3 is 0 Å². The van der Waals surface area contributed by atoms with Crippen LogP contribution in [0.4, 0.5) is 0 Å². The highest BCUT2D eigenvalue weighted by molar-refractivity contribution is 8.04. The van der Waals surface area contributed by atoms with Crippen LogP contribution in [0.15, 0.2) is 42.5 Å². The number of hydrogen-bond acceptors (Lipinski definition) is 4. The second kappa shape index (κ2) is 4.52. The molecule has 0 atom stereocenters. The third-order valence-electron chi connectivity index (χ3n) is 3.26. The van der Waals surface area contributed by atoms with Crippen LogP contribution in [0, 0.1) is 0 Å². The molecule has 2 aromatic rings. The molecule has 0 radical (unpaired) electrons. The molecule has 0 aliphatic carbocycles. The van der Waals surface area contributed by atoms with Gasteiger partial charge in [0.1, 0.15) is 0 Å². The SMILES string of the molecule is CC(c1ccc2ccccc2c1)(S(=O)(=O)O)S(=O)(=O)O. The Hall–Kier alpha value is -1.48. The maximum absolute atomic E-state index is 11.5. The predicted molar refractivity (Wildman–Crippen MR) is 74.4 cm³/mol. The minimum absolute atomic E-state index is 0.235. The van der Waals surface area contributed by atoms with Crippen molar-refractivity contribution in [3.8, 4) is 0 Å². The Balaban J connectivity index is 2.84. The van der Waals surface area contributed by atoms with Gasteiger partial charge in [-0.3, -0.25) is 9.11 Å². The Morgan fingerprint density at radius 1 is 0.850 bits per heavy atom. The topological polar surface area (TPSA) is 109 Å². The highest BCUT2D eigenvalue weighted by Gasteiger charge is 2.51. The van der Waals surface area contributed by atoms with Gasteiger partial charge in [-0.05, 0) is 29.3 Å². The maximum Gasteiger partial charge on any atom is 0.291 e. The lowest BCUT2D eigenvalue weighted by Crippen LogP contribution is -2.40. The molecule has 0 spiro atoms. The maximum atomic E-state index is 11.5. The van der Waals surface area contributed by atoms with E-state index >= 15 is 0 Å². The average molecular weight is 316 g/mol. The van der Waals surface area contributed by atoms with Gasteiger partial charge in [0.25, 0.3) is 20.2 Å². The van der Waals surface area contributed by atoms with Gasteiger partial charge in [-0.15, -0.1) is 0 Å². The van der Waals surface area contributed by atoms with Gasteiger partial charge >= 0.3 is 0 Å². The zero-order valence-electron chi connectivity index (χ0n) is 10.4. The Labute approximate surface area is 116 Å². The fourth-order valence-corrected chi connectivity index (χ4v) is 3.82. The van der Waals surface area contributed by atoms with Crippen molar-refractivity contribution in [2.45, 2.75) is 11.0 Å². The Bertz CT molecular complexity index is 836. The number of hydrogen-bond donors (Lipinski definition) is 2. The van der Waals surface area contributed by atoms with E-state index in [1.165, 1.54) is 18.2 Å². The van der Waals surface area contributed by atoms with Crippen LogP contribution < -0.4 is 0 Å². The van der Waals surface area contributed by atoms with Gasteiger partial charge in [-0.1, -0.05) is 36.4 Å². The molecule has 0 aromatic heterocycles. The highest BCUT2D eigenvalue weighted by atomic mass is 32.3. The van der Waals surface area contributed by atoms with Crippen molar-refractivity contribution >= 4 is 31.0 Å². The summed E-state index contributed by atoms with van der Waals surface area (Å²) >= 11 is 0. The molecule has 0 aliphatic rings. The minimum atomic E-state index is -5.08. The summed E-state index contributed by atoms with van der Waals surface area (Å²) in [5.74, 6) is 0. The molecule has 0 saturated heterocycles. The third kappa shape index (κ3) is 2.20. The van der Waals surface area contributed by atoms with Gasteiger partial charge in [0.2, 0.25) is 4.08 Å². The second-order valence-electron chi connectivity index (χ2n) is 4.46. The first-order chi connectivity index (χ1) is 9.07. The lowest BCUT2D eigenvalue weighted by atomic mass is 10.1. The molecule has 6 nitrogen and oxygen atoms in total. The fourth-order valence-electron chi connectivity index (χ4n) is 1.90. The van der Waals surface area contributed by atoms with Gasteiger partial charge in [0.15, 0.2) is 0 Å². The molecule has 0 bridgehead atoms. The van der Waals surface area contributed by atoms with Gasteiger partial charge in [0.05, 0.1) is 0 Å². The number of benzene rings is 2. The first-order valence-electron chi connectivity index (χ1n) is 5.51. The summed E-state index contributed by atoms with van der Waals surface area (Å²) in [5, 5.41) is 1.35. The van der Waals surface area contributed by atoms with Crippen LogP contribution in [-0.4, -0.2) is 25.9 Å². The van der Waals surface area contributed by atoms with Crippen LogP contribution in [0.3, 0.4) is 0 Å². The molecule has 2 aromatic carbocycles. The highest BCUT2D eigenvalue weighted by Crippen LogP contribution is 2.36. The molecule has 0 amide bonds. The van der Waals surface area contributed by atoms with Crippen molar-refractivity contribution in [3.63, 3.8) is 0 Å². The van der Waals surface area contributed by atoms with Crippen LogP contribution in [0.1, 0.15) is 12.5 Å². The Morgan fingerprint density at radius 2 is 1.35 bits per heavy atom. The molecule has 8 heteroatoms. The van der Waals surface area contributed by atoms with E-state index < -0.39 is 24.3 Å². The van der Waals surface area contributed by atoms with E-state index in [-0.39, 0.29) is 5.56 Å². The van der Waals surface area contributed by atoms with Gasteiger partial charge in [-0.2, -0.15) is 16.8 Å². The smallest absolute Gasteiger partial charge is 0.284 e.